The first-order chi connectivity index (χ1) is 8.77. The molecule has 0 fully saturated rings. The predicted octanol–water partition coefficient (Wildman–Crippen LogP) is 4.58. The molecule has 1 unspecified atom stereocenters. The fourth-order valence-electron chi connectivity index (χ4n) is 1.38. The molecule has 3 heteroatoms. The third-order valence-electron chi connectivity index (χ3n) is 4.65. The molecule has 3 nitrogen and oxygen atoms in total. The summed E-state index contributed by atoms with van der Waals surface area (Å²) in [4.78, 5) is 12.3. The highest BCUT2D eigenvalue weighted by atomic mass is 16.6. The van der Waals surface area contributed by atoms with E-state index in [1.165, 1.54) is 0 Å². The van der Waals surface area contributed by atoms with Crippen LogP contribution in [0.1, 0.15) is 75.7 Å². The van der Waals surface area contributed by atoms with Crippen LogP contribution in [0, 0.1) is 11.3 Å². The number of ether oxygens (including phenoxy) is 2. The van der Waals surface area contributed by atoms with E-state index < -0.39 is 16.6 Å². The third kappa shape index (κ3) is 4.76. The van der Waals surface area contributed by atoms with Crippen molar-refractivity contribution in [3.05, 3.63) is 0 Å². The van der Waals surface area contributed by atoms with Crippen LogP contribution in [0.2, 0.25) is 0 Å². The van der Waals surface area contributed by atoms with E-state index in [0.29, 0.717) is 5.92 Å². The van der Waals surface area contributed by atoms with Gasteiger partial charge in [-0.15, -0.1) is 0 Å². The molecular weight excluding hydrogens is 252 g/mol. The second kappa shape index (κ2) is 6.46. The van der Waals surface area contributed by atoms with E-state index in [9.17, 15) is 4.79 Å². The van der Waals surface area contributed by atoms with E-state index >= 15 is 0 Å². The molecule has 0 radical (unpaired) electrons. The Balaban J connectivity index is 4.98. The van der Waals surface area contributed by atoms with Crippen molar-refractivity contribution in [1.29, 1.82) is 0 Å². The van der Waals surface area contributed by atoms with Gasteiger partial charge in [-0.3, -0.25) is 4.79 Å². The van der Waals surface area contributed by atoms with Gasteiger partial charge in [-0.1, -0.05) is 20.8 Å². The van der Waals surface area contributed by atoms with Crippen LogP contribution in [0.25, 0.3) is 0 Å². The number of hydrogen-bond donors (Lipinski definition) is 0. The second-order valence-corrected chi connectivity index (χ2v) is 7.71. The Hall–Kier alpha value is -0.570. The molecule has 20 heavy (non-hydrogen) atoms. The number of carbonyl (C=O) groups is 1. The Labute approximate surface area is 125 Å². The third-order valence-corrected chi connectivity index (χ3v) is 4.65. The molecule has 0 rings (SSSR count). The Morgan fingerprint density at radius 1 is 0.950 bits per heavy atom. The number of hydrogen-bond acceptors (Lipinski definition) is 3. The molecule has 0 aromatic heterocycles. The molecule has 0 aromatic rings. The lowest BCUT2D eigenvalue weighted by atomic mass is 9.86. The predicted molar refractivity (Wildman–Crippen MR) is 83.7 cm³/mol. The molecule has 1 atom stereocenters. The van der Waals surface area contributed by atoms with Gasteiger partial charge in [0.1, 0.15) is 11.2 Å². The highest BCUT2D eigenvalue weighted by Gasteiger charge is 2.45. The molecule has 0 heterocycles. The molecular formula is C17H34O3. The maximum atomic E-state index is 12.3. The van der Waals surface area contributed by atoms with Gasteiger partial charge in [-0.2, -0.15) is 0 Å². The maximum absolute atomic E-state index is 12.3. The summed E-state index contributed by atoms with van der Waals surface area (Å²) in [6, 6.07) is 0. The van der Waals surface area contributed by atoms with E-state index in [2.05, 4.69) is 20.8 Å². The molecule has 0 amide bonds. The highest BCUT2D eigenvalue weighted by molar-refractivity contribution is 5.76. The first kappa shape index (κ1) is 19.4. The highest BCUT2D eigenvalue weighted by Crippen LogP contribution is 2.34. The van der Waals surface area contributed by atoms with Gasteiger partial charge < -0.3 is 9.47 Å². The van der Waals surface area contributed by atoms with E-state index in [4.69, 9.17) is 9.47 Å². The van der Waals surface area contributed by atoms with Crippen molar-refractivity contribution in [2.45, 2.75) is 93.0 Å². The largest absolute Gasteiger partial charge is 0.456 e. The summed E-state index contributed by atoms with van der Waals surface area (Å²) < 4.78 is 11.9. The lowest BCUT2D eigenvalue weighted by molar-refractivity contribution is -0.213. The zero-order valence-electron chi connectivity index (χ0n) is 15.1. The molecule has 0 spiro atoms. The standard InChI is InChI=1S/C17H34O3/c1-11-15(5,6)14(18)20-17(9,10)16(7,8)19-13(4)12(2)3/h12-13H,11H2,1-10H3. The Morgan fingerprint density at radius 2 is 1.40 bits per heavy atom. The quantitative estimate of drug-likeness (QED) is 0.642. The zero-order chi connectivity index (χ0) is 16.4. The second-order valence-electron chi connectivity index (χ2n) is 7.71. The van der Waals surface area contributed by atoms with Gasteiger partial charge in [-0.05, 0) is 60.8 Å². The van der Waals surface area contributed by atoms with Gasteiger partial charge in [0.25, 0.3) is 0 Å². The molecule has 0 aromatic carbocycles. The lowest BCUT2D eigenvalue weighted by Crippen LogP contribution is -2.53. The van der Waals surface area contributed by atoms with Crippen molar-refractivity contribution in [1.82, 2.24) is 0 Å². The van der Waals surface area contributed by atoms with Crippen LogP contribution < -0.4 is 0 Å². The topological polar surface area (TPSA) is 35.5 Å². The minimum absolute atomic E-state index is 0.113. The molecule has 0 N–H and O–H groups in total. The number of esters is 1. The van der Waals surface area contributed by atoms with Crippen molar-refractivity contribution in [3.8, 4) is 0 Å². The first-order valence-corrected chi connectivity index (χ1v) is 7.68. The van der Waals surface area contributed by atoms with Gasteiger partial charge in [0.2, 0.25) is 0 Å². The Morgan fingerprint density at radius 3 is 1.75 bits per heavy atom. The monoisotopic (exact) mass is 286 g/mol. The van der Waals surface area contributed by atoms with Crippen molar-refractivity contribution in [2.24, 2.45) is 11.3 Å². The average Bonchev–Trinajstić information content (AvgIpc) is 2.27. The fraction of sp³-hybridized carbons (Fsp3) is 0.941. The van der Waals surface area contributed by atoms with Crippen LogP contribution in [0.4, 0.5) is 0 Å². The SMILES string of the molecule is CCC(C)(C)C(=O)OC(C)(C)C(C)(C)OC(C)C(C)C. The molecule has 120 valence electrons. The summed E-state index contributed by atoms with van der Waals surface area (Å²) in [5.41, 5.74) is -1.69. The summed E-state index contributed by atoms with van der Waals surface area (Å²) in [5.74, 6) is 0.256. The van der Waals surface area contributed by atoms with Gasteiger partial charge in [-0.25, -0.2) is 0 Å². The van der Waals surface area contributed by atoms with Crippen molar-refractivity contribution in [2.75, 3.05) is 0 Å². The van der Waals surface area contributed by atoms with Crippen LogP contribution in [0.3, 0.4) is 0 Å². The smallest absolute Gasteiger partial charge is 0.312 e. The minimum Gasteiger partial charge on any atom is -0.456 e. The molecule has 0 bridgehead atoms. The van der Waals surface area contributed by atoms with E-state index in [1.807, 2.05) is 48.5 Å². The van der Waals surface area contributed by atoms with Crippen LogP contribution in [-0.2, 0) is 14.3 Å². The summed E-state index contributed by atoms with van der Waals surface area (Å²) >= 11 is 0. The normalized spacial score (nSPS) is 15.3. The Kier molecular flexibility index (Phi) is 6.28. The molecule has 0 aliphatic carbocycles. The molecule has 0 saturated carbocycles. The van der Waals surface area contributed by atoms with E-state index in [0.717, 1.165) is 6.42 Å². The Bertz CT molecular complexity index is 327. The van der Waals surface area contributed by atoms with Crippen LogP contribution in [-0.4, -0.2) is 23.3 Å². The first-order valence-electron chi connectivity index (χ1n) is 7.68. The van der Waals surface area contributed by atoms with Crippen molar-refractivity contribution >= 4 is 5.97 Å². The van der Waals surface area contributed by atoms with Crippen LogP contribution in [0.5, 0.6) is 0 Å². The van der Waals surface area contributed by atoms with Crippen LogP contribution >= 0.6 is 0 Å². The van der Waals surface area contributed by atoms with Gasteiger partial charge in [0.05, 0.1) is 11.5 Å². The molecule has 0 aliphatic rings. The number of carbonyl (C=O) groups excluding carboxylic acids is 1. The summed E-state index contributed by atoms with van der Waals surface area (Å²) in [6.45, 7) is 19.9. The summed E-state index contributed by atoms with van der Waals surface area (Å²) in [7, 11) is 0. The van der Waals surface area contributed by atoms with Crippen molar-refractivity contribution < 1.29 is 14.3 Å². The van der Waals surface area contributed by atoms with Gasteiger partial charge in [0, 0.05) is 0 Å². The lowest BCUT2D eigenvalue weighted by Gasteiger charge is -2.44. The molecule has 0 aliphatic heterocycles. The van der Waals surface area contributed by atoms with E-state index in [1.54, 1.807) is 0 Å². The maximum Gasteiger partial charge on any atom is 0.312 e. The van der Waals surface area contributed by atoms with Gasteiger partial charge in [0.15, 0.2) is 0 Å². The van der Waals surface area contributed by atoms with Crippen LogP contribution in [0.15, 0.2) is 0 Å². The summed E-state index contributed by atoms with van der Waals surface area (Å²) in [5, 5.41) is 0. The average molecular weight is 286 g/mol. The minimum atomic E-state index is -0.681. The fourth-order valence-corrected chi connectivity index (χ4v) is 1.38. The zero-order valence-corrected chi connectivity index (χ0v) is 15.1. The summed E-state index contributed by atoms with van der Waals surface area (Å²) in [6.07, 6.45) is 0.869. The van der Waals surface area contributed by atoms with Crippen molar-refractivity contribution in [3.63, 3.8) is 0 Å². The van der Waals surface area contributed by atoms with E-state index in [-0.39, 0.29) is 12.1 Å². The molecule has 0 saturated heterocycles. The van der Waals surface area contributed by atoms with Gasteiger partial charge >= 0.3 is 5.97 Å². The number of rotatable bonds is 7.